The van der Waals surface area contributed by atoms with Crippen LogP contribution in [0.2, 0.25) is 0 Å². The zero-order chi connectivity index (χ0) is 23.7. The van der Waals surface area contributed by atoms with Crippen molar-refractivity contribution in [2.75, 3.05) is 26.2 Å². The lowest BCUT2D eigenvalue weighted by Gasteiger charge is -2.17. The minimum atomic E-state index is -4.83. The maximum atomic E-state index is 13.5. The number of carbonyl (C=O) groups excluding carboxylic acids is 1. The average molecular weight is 447 g/mol. The van der Waals surface area contributed by atoms with Crippen LogP contribution in [0.5, 0.6) is 0 Å². The number of rotatable bonds is 7. The first-order valence-corrected chi connectivity index (χ1v) is 9.90. The summed E-state index contributed by atoms with van der Waals surface area (Å²) in [6.45, 7) is 13.9. The molecule has 1 aliphatic rings. The number of nitrogens with one attached hydrogen (secondary N) is 2. The molecule has 1 fully saturated rings. The number of halogens is 4. The number of alkyl halides is 3. The van der Waals surface area contributed by atoms with E-state index in [0.717, 1.165) is 25.6 Å². The van der Waals surface area contributed by atoms with Crippen LogP contribution in [-0.2, 0) is 11.0 Å². The van der Waals surface area contributed by atoms with Crippen LogP contribution < -0.4 is 10.6 Å². The minimum Gasteiger partial charge on any atom is -0.349 e. The van der Waals surface area contributed by atoms with Gasteiger partial charge in [0.05, 0.1) is 11.3 Å². The number of allylic oxidation sites excluding steroid dienone is 4. The molecule has 1 saturated heterocycles. The van der Waals surface area contributed by atoms with E-state index in [4.69, 9.17) is 0 Å². The summed E-state index contributed by atoms with van der Waals surface area (Å²) in [5.41, 5.74) is 2.23. The van der Waals surface area contributed by atoms with E-state index in [1.165, 1.54) is 18.2 Å². The summed E-state index contributed by atoms with van der Waals surface area (Å²) >= 11 is 0. The Kier molecular flexibility index (Phi) is 8.81. The van der Waals surface area contributed by atoms with Gasteiger partial charge in [0.2, 0.25) is 5.91 Å². The fourth-order valence-electron chi connectivity index (χ4n) is 2.98. The highest BCUT2D eigenvalue weighted by atomic mass is 19.4. The molecule has 32 heavy (non-hydrogen) atoms. The number of hydrogen-bond donors (Lipinski definition) is 2. The minimum absolute atomic E-state index is 0.0560. The second-order valence-electron chi connectivity index (χ2n) is 7.00. The molecule has 1 aromatic rings. The van der Waals surface area contributed by atoms with Gasteiger partial charge in [0.1, 0.15) is 5.82 Å². The molecule has 1 aromatic carbocycles. The molecule has 0 bridgehead atoms. The van der Waals surface area contributed by atoms with E-state index in [9.17, 15) is 22.4 Å². The van der Waals surface area contributed by atoms with E-state index in [1.807, 2.05) is 0 Å². The molecule has 0 unspecified atom stereocenters. The van der Waals surface area contributed by atoms with Gasteiger partial charge in [-0.25, -0.2) is 4.39 Å². The summed E-state index contributed by atoms with van der Waals surface area (Å²) < 4.78 is 52.4. The Morgan fingerprint density at radius 3 is 2.62 bits per heavy atom. The molecule has 0 aliphatic carbocycles. The maximum absolute atomic E-state index is 13.5. The van der Waals surface area contributed by atoms with Crippen LogP contribution in [0.1, 0.15) is 17.5 Å². The van der Waals surface area contributed by atoms with E-state index in [0.29, 0.717) is 30.4 Å². The highest BCUT2D eigenvalue weighted by Gasteiger charge is 2.34. The quantitative estimate of drug-likeness (QED) is 0.279. The van der Waals surface area contributed by atoms with Gasteiger partial charge in [-0.1, -0.05) is 25.8 Å². The highest BCUT2D eigenvalue weighted by molar-refractivity contribution is 5.88. The van der Waals surface area contributed by atoms with Gasteiger partial charge >= 0.3 is 6.18 Å². The van der Waals surface area contributed by atoms with Crippen molar-refractivity contribution < 1.29 is 22.4 Å². The third-order valence-electron chi connectivity index (χ3n) is 4.71. The standard InChI is InChI=1S/C24H25F4N3O/c1-4-18(7-10-23(32)31-13-6-11-29-12-14-31)15-20(5-2)30-17(3)19-8-9-22(25)21(16-19)24(26,27)28/h4,7-10,15-16,29-30H,1-3,6,11-14H2/b10-7+,18-15+. The van der Waals surface area contributed by atoms with Crippen molar-refractivity contribution in [3.63, 3.8) is 0 Å². The smallest absolute Gasteiger partial charge is 0.349 e. The first kappa shape index (κ1) is 24.9. The average Bonchev–Trinajstić information content (AvgIpc) is 3.04. The lowest BCUT2D eigenvalue weighted by atomic mass is 10.1. The lowest BCUT2D eigenvalue weighted by Crippen LogP contribution is -2.32. The number of nitrogens with zero attached hydrogens (tertiary/aromatic N) is 1. The van der Waals surface area contributed by atoms with Crippen molar-refractivity contribution in [1.82, 2.24) is 15.5 Å². The zero-order valence-corrected chi connectivity index (χ0v) is 17.6. The van der Waals surface area contributed by atoms with Crippen LogP contribution in [0.15, 0.2) is 79.2 Å². The van der Waals surface area contributed by atoms with Gasteiger partial charge in [-0.3, -0.25) is 4.79 Å². The van der Waals surface area contributed by atoms with Crippen molar-refractivity contribution in [2.45, 2.75) is 12.6 Å². The van der Waals surface area contributed by atoms with Gasteiger partial charge in [-0.2, -0.15) is 13.2 Å². The van der Waals surface area contributed by atoms with E-state index in [2.05, 4.69) is 36.1 Å². The molecule has 0 radical (unpaired) electrons. The SMILES string of the molecule is C=C=C(/C=C(C=C)/C=C/C(=O)N1CCCNCC1)NC(=C)c1ccc(F)c(C(F)(F)F)c1. The molecule has 2 rings (SSSR count). The third-order valence-corrected chi connectivity index (χ3v) is 4.71. The monoisotopic (exact) mass is 447 g/mol. The first-order valence-electron chi connectivity index (χ1n) is 9.90. The summed E-state index contributed by atoms with van der Waals surface area (Å²) in [6, 6.07) is 2.60. The Balaban J connectivity index is 2.13. The molecule has 8 heteroatoms. The Hall–Kier alpha value is -3.35. The summed E-state index contributed by atoms with van der Waals surface area (Å²) in [7, 11) is 0. The lowest BCUT2D eigenvalue weighted by molar-refractivity contribution is -0.140. The first-order chi connectivity index (χ1) is 15.2. The van der Waals surface area contributed by atoms with Crippen molar-refractivity contribution in [1.29, 1.82) is 0 Å². The molecule has 1 aliphatic heterocycles. The highest BCUT2D eigenvalue weighted by Crippen LogP contribution is 2.32. The van der Waals surface area contributed by atoms with Gasteiger partial charge in [0.25, 0.3) is 0 Å². The topological polar surface area (TPSA) is 44.4 Å². The maximum Gasteiger partial charge on any atom is 0.419 e. The number of hydrogen-bond acceptors (Lipinski definition) is 3. The van der Waals surface area contributed by atoms with Crippen LogP contribution in [-0.4, -0.2) is 37.0 Å². The molecular formula is C24H25F4N3O. The molecule has 4 nitrogen and oxygen atoms in total. The molecule has 0 spiro atoms. The number of amides is 1. The third kappa shape index (κ3) is 7.11. The van der Waals surface area contributed by atoms with Crippen LogP contribution in [0, 0.1) is 5.82 Å². The molecule has 1 amide bonds. The predicted octanol–water partition coefficient (Wildman–Crippen LogP) is 4.56. The van der Waals surface area contributed by atoms with Gasteiger partial charge in [0, 0.05) is 31.4 Å². The van der Waals surface area contributed by atoms with Crippen molar-refractivity contribution in [3.8, 4) is 0 Å². The van der Waals surface area contributed by atoms with Crippen LogP contribution in [0.3, 0.4) is 0 Å². The molecular weight excluding hydrogens is 422 g/mol. The molecule has 2 N–H and O–H groups in total. The summed E-state index contributed by atoms with van der Waals surface area (Å²) in [4.78, 5) is 14.1. The Morgan fingerprint density at radius 1 is 1.22 bits per heavy atom. The van der Waals surface area contributed by atoms with Gasteiger partial charge < -0.3 is 15.5 Å². The Bertz CT molecular complexity index is 977. The summed E-state index contributed by atoms with van der Waals surface area (Å²) in [6.07, 6.45) is 2.13. The second-order valence-corrected chi connectivity index (χ2v) is 7.00. The number of benzene rings is 1. The summed E-state index contributed by atoms with van der Waals surface area (Å²) in [5.74, 6) is -1.49. The van der Waals surface area contributed by atoms with Crippen molar-refractivity contribution in [3.05, 3.63) is 96.2 Å². The fraction of sp³-hybridized carbons (Fsp3) is 0.250. The van der Waals surface area contributed by atoms with Crippen LogP contribution in [0.25, 0.3) is 5.70 Å². The van der Waals surface area contributed by atoms with Gasteiger partial charge in [-0.15, -0.1) is 5.73 Å². The van der Waals surface area contributed by atoms with Gasteiger partial charge in [-0.05, 0) is 54.5 Å². The predicted molar refractivity (Wildman–Crippen MR) is 118 cm³/mol. The Morgan fingerprint density at radius 2 is 1.97 bits per heavy atom. The molecule has 0 aromatic heterocycles. The normalized spacial score (nSPS) is 15.1. The van der Waals surface area contributed by atoms with Crippen molar-refractivity contribution in [2.24, 2.45) is 0 Å². The zero-order valence-electron chi connectivity index (χ0n) is 17.6. The molecule has 0 atom stereocenters. The van der Waals surface area contributed by atoms with E-state index >= 15 is 0 Å². The Labute approximate surface area is 185 Å². The molecule has 0 saturated carbocycles. The number of carbonyl (C=O) groups is 1. The largest absolute Gasteiger partial charge is 0.419 e. The fourth-order valence-corrected chi connectivity index (χ4v) is 2.98. The van der Waals surface area contributed by atoms with Crippen LogP contribution in [0.4, 0.5) is 17.6 Å². The summed E-state index contributed by atoms with van der Waals surface area (Å²) in [5, 5.41) is 6.03. The van der Waals surface area contributed by atoms with Crippen LogP contribution >= 0.6 is 0 Å². The van der Waals surface area contributed by atoms with E-state index < -0.39 is 17.6 Å². The van der Waals surface area contributed by atoms with Crippen molar-refractivity contribution >= 4 is 11.6 Å². The van der Waals surface area contributed by atoms with E-state index in [-0.39, 0.29) is 17.2 Å². The van der Waals surface area contributed by atoms with E-state index in [1.54, 1.807) is 17.1 Å². The molecule has 1 heterocycles. The second kappa shape index (κ2) is 11.3. The molecule has 170 valence electrons. The van der Waals surface area contributed by atoms with Gasteiger partial charge in [0.15, 0.2) is 0 Å².